The maximum Gasteiger partial charge on any atom is 0.355 e. The fourth-order valence-electron chi connectivity index (χ4n) is 6.16. The standard InChI is InChI=1S/C33H34ClF2N7O5S/c1-20-9-10-37-32(49(3,46)47)29(20)43-31-22(18-25(36)28(38-31)27-23(34)6-4-7-24(27)35)30(39-33(43)45)42-13-12-41(19-21(42)2)26(44)8-5-11-40-14-16-48-17-15-40/h4-10,18,21H,11-17,19H2,1-3H3/b8-5+/t21-/m0/s1. The van der Waals surface area contributed by atoms with Crippen LogP contribution >= 0.6 is 11.6 Å². The summed E-state index contributed by atoms with van der Waals surface area (Å²) in [6, 6.07) is 6.08. The summed E-state index contributed by atoms with van der Waals surface area (Å²) in [7, 11) is -3.98. The van der Waals surface area contributed by atoms with Gasteiger partial charge < -0.3 is 14.5 Å². The summed E-state index contributed by atoms with van der Waals surface area (Å²) in [4.78, 5) is 45.6. The number of nitrogens with zero attached hydrogens (tertiary/aromatic N) is 7. The van der Waals surface area contributed by atoms with Crippen LogP contribution in [0.4, 0.5) is 14.6 Å². The third-order valence-electron chi connectivity index (χ3n) is 8.61. The summed E-state index contributed by atoms with van der Waals surface area (Å²) < 4.78 is 63.1. The van der Waals surface area contributed by atoms with E-state index in [0.717, 1.165) is 36.0 Å². The Labute approximate surface area is 286 Å². The normalized spacial score (nSPS) is 17.7. The topological polar surface area (TPSA) is 131 Å². The number of halogens is 3. The van der Waals surface area contributed by atoms with Crippen LogP contribution in [0.1, 0.15) is 12.5 Å². The first-order valence-electron chi connectivity index (χ1n) is 15.6. The number of hydrogen-bond donors (Lipinski definition) is 0. The van der Waals surface area contributed by atoms with Crippen LogP contribution in [-0.2, 0) is 19.4 Å². The fourth-order valence-corrected chi connectivity index (χ4v) is 7.27. The maximum atomic E-state index is 16.0. The molecule has 4 aromatic rings. The van der Waals surface area contributed by atoms with E-state index in [-0.39, 0.29) is 64.7 Å². The molecule has 6 rings (SSSR count). The van der Waals surface area contributed by atoms with Gasteiger partial charge in [-0.2, -0.15) is 4.98 Å². The Balaban J connectivity index is 1.45. The molecule has 2 fully saturated rings. The highest BCUT2D eigenvalue weighted by Crippen LogP contribution is 2.36. The second kappa shape index (κ2) is 13.9. The van der Waals surface area contributed by atoms with E-state index in [1.54, 1.807) is 22.8 Å². The number of sulfone groups is 1. The minimum Gasteiger partial charge on any atom is -0.379 e. The van der Waals surface area contributed by atoms with E-state index >= 15 is 8.78 Å². The molecule has 1 aromatic carbocycles. The lowest BCUT2D eigenvalue weighted by Crippen LogP contribution is -2.54. The predicted octanol–water partition coefficient (Wildman–Crippen LogP) is 3.41. The number of amides is 1. The van der Waals surface area contributed by atoms with Gasteiger partial charge >= 0.3 is 5.69 Å². The Morgan fingerprint density at radius 2 is 1.86 bits per heavy atom. The first-order valence-corrected chi connectivity index (χ1v) is 17.9. The molecule has 0 unspecified atom stereocenters. The van der Waals surface area contributed by atoms with E-state index in [4.69, 9.17) is 16.3 Å². The van der Waals surface area contributed by atoms with E-state index in [2.05, 4.69) is 19.9 Å². The molecule has 1 atom stereocenters. The molecule has 258 valence electrons. The van der Waals surface area contributed by atoms with Crippen molar-refractivity contribution in [2.45, 2.75) is 24.9 Å². The van der Waals surface area contributed by atoms with Gasteiger partial charge in [-0.15, -0.1) is 0 Å². The van der Waals surface area contributed by atoms with Gasteiger partial charge in [0, 0.05) is 63.8 Å². The minimum absolute atomic E-state index is 0.0630. The van der Waals surface area contributed by atoms with Gasteiger partial charge in [0.05, 0.1) is 34.9 Å². The van der Waals surface area contributed by atoms with Gasteiger partial charge in [0.1, 0.15) is 17.3 Å². The lowest BCUT2D eigenvalue weighted by atomic mass is 10.1. The van der Waals surface area contributed by atoms with E-state index in [9.17, 15) is 18.0 Å². The number of carbonyl (C=O) groups is 1. The van der Waals surface area contributed by atoms with Gasteiger partial charge in [-0.1, -0.05) is 23.7 Å². The third kappa shape index (κ3) is 6.93. The second-order valence-electron chi connectivity index (χ2n) is 12.0. The Morgan fingerprint density at radius 3 is 2.55 bits per heavy atom. The molecule has 0 N–H and O–H groups in total. The van der Waals surface area contributed by atoms with E-state index in [1.807, 2.05) is 13.0 Å². The lowest BCUT2D eigenvalue weighted by molar-refractivity contribution is -0.126. The first kappa shape index (κ1) is 34.5. The van der Waals surface area contributed by atoms with Crippen LogP contribution in [0.15, 0.2) is 58.5 Å². The second-order valence-corrected chi connectivity index (χ2v) is 14.4. The van der Waals surface area contributed by atoms with Crippen LogP contribution < -0.4 is 10.6 Å². The largest absolute Gasteiger partial charge is 0.379 e. The average Bonchev–Trinajstić information content (AvgIpc) is 3.05. The minimum atomic E-state index is -3.98. The summed E-state index contributed by atoms with van der Waals surface area (Å²) in [5, 5.41) is -0.464. The zero-order valence-corrected chi connectivity index (χ0v) is 28.6. The molecule has 2 saturated heterocycles. The number of ether oxygens (including phenoxy) is 1. The van der Waals surface area contributed by atoms with Crippen LogP contribution in [0.25, 0.3) is 28.0 Å². The van der Waals surface area contributed by atoms with Crippen molar-refractivity contribution in [3.05, 3.63) is 81.4 Å². The van der Waals surface area contributed by atoms with E-state index in [1.165, 1.54) is 24.4 Å². The molecule has 0 radical (unpaired) electrons. The highest BCUT2D eigenvalue weighted by atomic mass is 35.5. The third-order valence-corrected chi connectivity index (χ3v) is 9.92. The Kier molecular flexibility index (Phi) is 9.80. The average molecular weight is 714 g/mol. The number of benzene rings is 1. The lowest BCUT2D eigenvalue weighted by Gasteiger charge is -2.40. The highest BCUT2D eigenvalue weighted by Gasteiger charge is 2.31. The van der Waals surface area contributed by atoms with Crippen molar-refractivity contribution in [1.82, 2.24) is 29.3 Å². The number of anilines is 1. The molecule has 0 bridgehead atoms. The molecule has 3 aromatic heterocycles. The molecule has 0 spiro atoms. The molecule has 5 heterocycles. The predicted molar refractivity (Wildman–Crippen MR) is 181 cm³/mol. The van der Waals surface area contributed by atoms with E-state index in [0.29, 0.717) is 25.3 Å². The highest BCUT2D eigenvalue weighted by molar-refractivity contribution is 7.90. The zero-order chi connectivity index (χ0) is 35.0. The molecule has 0 saturated carbocycles. The summed E-state index contributed by atoms with van der Waals surface area (Å²) in [6.45, 7) is 7.81. The Morgan fingerprint density at radius 1 is 1.10 bits per heavy atom. The van der Waals surface area contributed by atoms with Crippen molar-refractivity contribution in [3.8, 4) is 16.9 Å². The van der Waals surface area contributed by atoms with Crippen molar-refractivity contribution in [1.29, 1.82) is 0 Å². The quantitative estimate of drug-likeness (QED) is 0.263. The van der Waals surface area contributed by atoms with Crippen LogP contribution in [0.2, 0.25) is 5.02 Å². The Bertz CT molecular complexity index is 2120. The van der Waals surface area contributed by atoms with Crippen molar-refractivity contribution in [3.63, 3.8) is 0 Å². The van der Waals surface area contributed by atoms with Gasteiger partial charge in [-0.3, -0.25) is 9.69 Å². The van der Waals surface area contributed by atoms with Crippen molar-refractivity contribution in [2.24, 2.45) is 0 Å². The SMILES string of the molecule is Cc1ccnc(S(C)(=O)=O)c1-n1c(=O)nc(N2CCN(C(=O)/C=C/CN3CCOCC3)C[C@@H]2C)c2cc(F)c(-c3c(F)cccc3Cl)nc21. The van der Waals surface area contributed by atoms with E-state index < -0.39 is 37.9 Å². The number of carbonyl (C=O) groups excluding carboxylic acids is 1. The van der Waals surface area contributed by atoms with Gasteiger partial charge in [0.15, 0.2) is 26.3 Å². The summed E-state index contributed by atoms with van der Waals surface area (Å²) >= 11 is 6.30. The summed E-state index contributed by atoms with van der Waals surface area (Å²) in [5.41, 5.74) is -1.65. The van der Waals surface area contributed by atoms with Gasteiger partial charge in [0.2, 0.25) is 5.91 Å². The molecule has 2 aliphatic rings. The van der Waals surface area contributed by atoms with Crippen LogP contribution in [0, 0.1) is 18.6 Å². The molecule has 16 heteroatoms. The fraction of sp³-hybridized carbons (Fsp3) is 0.364. The number of pyridine rings is 2. The van der Waals surface area contributed by atoms with Crippen LogP contribution in [-0.4, -0.2) is 108 Å². The molecule has 12 nitrogen and oxygen atoms in total. The molecular formula is C33H34ClF2N7O5S. The zero-order valence-electron chi connectivity index (χ0n) is 27.1. The number of hydrogen-bond acceptors (Lipinski definition) is 10. The van der Waals surface area contributed by atoms with Crippen molar-refractivity contribution < 1.29 is 26.7 Å². The van der Waals surface area contributed by atoms with Crippen molar-refractivity contribution >= 4 is 44.2 Å². The van der Waals surface area contributed by atoms with Crippen LogP contribution in [0.5, 0.6) is 0 Å². The Hall–Kier alpha value is -4.31. The number of rotatable bonds is 7. The first-order chi connectivity index (χ1) is 23.3. The number of morpholine rings is 1. The van der Waals surface area contributed by atoms with Crippen molar-refractivity contribution in [2.75, 3.05) is 63.6 Å². The monoisotopic (exact) mass is 713 g/mol. The summed E-state index contributed by atoms with van der Waals surface area (Å²) in [5.74, 6) is -1.86. The van der Waals surface area contributed by atoms with Gasteiger partial charge in [0.25, 0.3) is 0 Å². The molecule has 2 aliphatic heterocycles. The molecule has 49 heavy (non-hydrogen) atoms. The van der Waals surface area contributed by atoms with Gasteiger partial charge in [-0.05, 0) is 43.7 Å². The maximum absolute atomic E-state index is 16.0. The number of piperazine rings is 1. The van der Waals surface area contributed by atoms with Crippen LogP contribution in [0.3, 0.4) is 0 Å². The molecular weight excluding hydrogens is 680 g/mol. The number of aryl methyl sites for hydroxylation is 1. The smallest absolute Gasteiger partial charge is 0.355 e. The summed E-state index contributed by atoms with van der Waals surface area (Å²) in [6.07, 6.45) is 5.63. The molecule has 1 amide bonds. The number of fused-ring (bicyclic) bond motifs is 1. The van der Waals surface area contributed by atoms with Gasteiger partial charge in [-0.25, -0.2) is 36.5 Å². The molecule has 0 aliphatic carbocycles. The number of aromatic nitrogens is 4.